The van der Waals surface area contributed by atoms with Crippen LogP contribution in [0.5, 0.6) is 5.88 Å². The van der Waals surface area contributed by atoms with Gasteiger partial charge in [0.25, 0.3) is 5.88 Å². The Bertz CT molecular complexity index is 342. The summed E-state index contributed by atoms with van der Waals surface area (Å²) < 4.78 is 18.9. The largest absolute Gasteiger partial charge is 0.471 e. The van der Waals surface area contributed by atoms with Gasteiger partial charge in [-0.3, -0.25) is 0 Å². The van der Waals surface area contributed by atoms with Crippen molar-refractivity contribution in [3.63, 3.8) is 0 Å². The Morgan fingerprint density at radius 1 is 1.62 bits per heavy atom. The number of nitrogens with one attached hydrogen (secondary N) is 1. The van der Waals surface area contributed by atoms with Crippen LogP contribution in [0.3, 0.4) is 0 Å². The SMILES string of the molecule is C=CCOc1nccc(CNCCC)c1F. The summed E-state index contributed by atoms with van der Waals surface area (Å²) in [6.45, 7) is 7.18. The number of hydrogen-bond donors (Lipinski definition) is 1. The molecule has 3 nitrogen and oxygen atoms in total. The lowest BCUT2D eigenvalue weighted by Gasteiger charge is -2.08. The van der Waals surface area contributed by atoms with E-state index in [0.717, 1.165) is 13.0 Å². The highest BCUT2D eigenvalue weighted by Crippen LogP contribution is 2.17. The minimum absolute atomic E-state index is 0.0377. The summed E-state index contributed by atoms with van der Waals surface area (Å²) in [5.74, 6) is -0.358. The first kappa shape index (κ1) is 12.6. The van der Waals surface area contributed by atoms with Gasteiger partial charge >= 0.3 is 0 Å². The van der Waals surface area contributed by atoms with Gasteiger partial charge in [-0.25, -0.2) is 9.37 Å². The number of rotatable bonds is 7. The zero-order chi connectivity index (χ0) is 11.8. The van der Waals surface area contributed by atoms with Crippen molar-refractivity contribution in [1.82, 2.24) is 10.3 Å². The quantitative estimate of drug-likeness (QED) is 0.570. The molecule has 0 fully saturated rings. The topological polar surface area (TPSA) is 34.1 Å². The van der Waals surface area contributed by atoms with Crippen molar-refractivity contribution < 1.29 is 9.13 Å². The maximum Gasteiger partial charge on any atom is 0.251 e. The number of nitrogens with zero attached hydrogens (tertiary/aromatic N) is 1. The second kappa shape index (κ2) is 6.95. The van der Waals surface area contributed by atoms with Crippen LogP contribution in [0.15, 0.2) is 24.9 Å². The highest BCUT2D eigenvalue weighted by Gasteiger charge is 2.09. The molecule has 1 aromatic heterocycles. The molecular formula is C12H17FN2O. The van der Waals surface area contributed by atoms with Gasteiger partial charge in [-0.2, -0.15) is 0 Å². The van der Waals surface area contributed by atoms with Crippen molar-refractivity contribution in [3.05, 3.63) is 36.3 Å². The van der Waals surface area contributed by atoms with Crippen LogP contribution in [0.4, 0.5) is 4.39 Å². The van der Waals surface area contributed by atoms with E-state index in [-0.39, 0.29) is 12.5 Å². The monoisotopic (exact) mass is 224 g/mol. The van der Waals surface area contributed by atoms with Crippen LogP contribution in [0.1, 0.15) is 18.9 Å². The molecule has 0 amide bonds. The number of ether oxygens (including phenoxy) is 1. The lowest BCUT2D eigenvalue weighted by atomic mass is 10.2. The Morgan fingerprint density at radius 3 is 3.12 bits per heavy atom. The molecule has 0 unspecified atom stereocenters. The van der Waals surface area contributed by atoms with Crippen LogP contribution in [0.25, 0.3) is 0 Å². The average Bonchev–Trinajstić information content (AvgIpc) is 2.30. The van der Waals surface area contributed by atoms with Crippen LogP contribution < -0.4 is 10.1 Å². The smallest absolute Gasteiger partial charge is 0.251 e. The van der Waals surface area contributed by atoms with Gasteiger partial charge < -0.3 is 10.1 Å². The number of pyridine rings is 1. The zero-order valence-electron chi connectivity index (χ0n) is 9.50. The van der Waals surface area contributed by atoms with E-state index in [2.05, 4.69) is 23.8 Å². The molecule has 88 valence electrons. The molecule has 0 saturated heterocycles. The Balaban J connectivity index is 2.66. The molecule has 0 spiro atoms. The maximum absolute atomic E-state index is 13.8. The Hall–Kier alpha value is -1.42. The van der Waals surface area contributed by atoms with Crippen molar-refractivity contribution in [3.8, 4) is 5.88 Å². The van der Waals surface area contributed by atoms with Crippen LogP contribution in [0, 0.1) is 5.82 Å². The third-order valence-corrected chi connectivity index (χ3v) is 2.02. The minimum atomic E-state index is -0.395. The molecule has 1 rings (SSSR count). The van der Waals surface area contributed by atoms with E-state index in [0.29, 0.717) is 12.1 Å². The Morgan fingerprint density at radius 2 is 2.44 bits per heavy atom. The van der Waals surface area contributed by atoms with Gasteiger partial charge in [-0.15, -0.1) is 0 Å². The molecule has 1 aromatic rings. The molecule has 4 heteroatoms. The van der Waals surface area contributed by atoms with E-state index in [1.54, 1.807) is 18.3 Å². The van der Waals surface area contributed by atoms with E-state index in [9.17, 15) is 4.39 Å². The van der Waals surface area contributed by atoms with Crippen LogP contribution in [0.2, 0.25) is 0 Å². The molecule has 0 saturated carbocycles. The Kier molecular flexibility index (Phi) is 5.50. The molecule has 1 N–H and O–H groups in total. The first-order chi connectivity index (χ1) is 7.79. The van der Waals surface area contributed by atoms with E-state index in [1.165, 1.54) is 0 Å². The van der Waals surface area contributed by atoms with Gasteiger partial charge in [0, 0.05) is 18.3 Å². The molecule has 0 atom stereocenters. The fourth-order valence-electron chi connectivity index (χ4n) is 1.24. The highest BCUT2D eigenvalue weighted by atomic mass is 19.1. The molecule has 0 aromatic carbocycles. The first-order valence-electron chi connectivity index (χ1n) is 5.37. The van der Waals surface area contributed by atoms with Gasteiger partial charge in [-0.05, 0) is 19.0 Å². The van der Waals surface area contributed by atoms with Gasteiger partial charge in [0.2, 0.25) is 0 Å². The molecular weight excluding hydrogens is 207 g/mol. The maximum atomic E-state index is 13.8. The summed E-state index contributed by atoms with van der Waals surface area (Å²) in [5.41, 5.74) is 0.572. The van der Waals surface area contributed by atoms with Crippen molar-refractivity contribution in [2.45, 2.75) is 19.9 Å². The van der Waals surface area contributed by atoms with Crippen molar-refractivity contribution >= 4 is 0 Å². The predicted molar refractivity (Wildman–Crippen MR) is 61.9 cm³/mol. The summed E-state index contributed by atoms with van der Waals surface area (Å²) in [6, 6.07) is 1.65. The van der Waals surface area contributed by atoms with Crippen molar-refractivity contribution in [2.24, 2.45) is 0 Å². The third-order valence-electron chi connectivity index (χ3n) is 2.02. The molecule has 0 bridgehead atoms. The number of halogens is 1. The second-order valence-corrected chi connectivity index (χ2v) is 3.37. The van der Waals surface area contributed by atoms with Crippen molar-refractivity contribution in [1.29, 1.82) is 0 Å². The number of aromatic nitrogens is 1. The summed E-state index contributed by atoms with van der Waals surface area (Å²) in [5, 5.41) is 3.13. The van der Waals surface area contributed by atoms with Crippen molar-refractivity contribution in [2.75, 3.05) is 13.2 Å². The predicted octanol–water partition coefficient (Wildman–Crippen LogP) is 2.29. The standard InChI is InChI=1S/C12H17FN2O/c1-3-6-14-9-10-5-7-15-12(11(10)13)16-8-4-2/h4-5,7,14H,2-3,6,8-9H2,1H3. The van der Waals surface area contributed by atoms with Crippen LogP contribution >= 0.6 is 0 Å². The normalized spacial score (nSPS) is 10.1. The summed E-state index contributed by atoms with van der Waals surface area (Å²) >= 11 is 0. The Labute approximate surface area is 95.3 Å². The third kappa shape index (κ3) is 3.62. The second-order valence-electron chi connectivity index (χ2n) is 3.37. The fraction of sp³-hybridized carbons (Fsp3) is 0.417. The van der Waals surface area contributed by atoms with E-state index >= 15 is 0 Å². The van der Waals surface area contributed by atoms with Gasteiger partial charge in [0.1, 0.15) is 6.61 Å². The van der Waals surface area contributed by atoms with Crippen LogP contribution in [-0.4, -0.2) is 18.1 Å². The zero-order valence-corrected chi connectivity index (χ0v) is 9.50. The molecule has 0 radical (unpaired) electrons. The molecule has 1 heterocycles. The van der Waals surface area contributed by atoms with E-state index in [1.807, 2.05) is 0 Å². The molecule has 0 aliphatic carbocycles. The van der Waals surface area contributed by atoms with E-state index in [4.69, 9.17) is 4.74 Å². The number of hydrogen-bond acceptors (Lipinski definition) is 3. The lowest BCUT2D eigenvalue weighted by molar-refractivity contribution is 0.324. The summed E-state index contributed by atoms with van der Waals surface area (Å²) in [4.78, 5) is 3.83. The van der Waals surface area contributed by atoms with Crippen LogP contribution in [-0.2, 0) is 6.54 Å². The highest BCUT2D eigenvalue weighted by molar-refractivity contribution is 5.23. The summed E-state index contributed by atoms with van der Waals surface area (Å²) in [7, 11) is 0. The van der Waals surface area contributed by atoms with Gasteiger partial charge in [0.05, 0.1) is 0 Å². The van der Waals surface area contributed by atoms with E-state index < -0.39 is 5.82 Å². The van der Waals surface area contributed by atoms with Gasteiger partial charge in [0.15, 0.2) is 5.82 Å². The average molecular weight is 224 g/mol. The lowest BCUT2D eigenvalue weighted by Crippen LogP contribution is -2.15. The fourth-order valence-corrected chi connectivity index (χ4v) is 1.24. The molecule has 0 aliphatic heterocycles. The van der Waals surface area contributed by atoms with Gasteiger partial charge in [-0.1, -0.05) is 19.6 Å². The molecule has 0 aliphatic rings. The first-order valence-corrected chi connectivity index (χ1v) is 5.37. The molecule has 16 heavy (non-hydrogen) atoms. The minimum Gasteiger partial charge on any atom is -0.471 e. The summed E-state index contributed by atoms with van der Waals surface area (Å²) in [6.07, 6.45) is 4.13.